The minimum atomic E-state index is -0.988. The zero-order valence-electron chi connectivity index (χ0n) is 31.5. The monoisotopic (exact) mass is 767 g/mol. The number of carbonyl (C=O) groups excluding carboxylic acids is 2. The highest BCUT2D eigenvalue weighted by atomic mass is 16.5. The van der Waals surface area contributed by atoms with Crippen molar-refractivity contribution < 1.29 is 38.4 Å². The molecule has 0 saturated carbocycles. The zero-order chi connectivity index (χ0) is 39.6. The van der Waals surface area contributed by atoms with Crippen molar-refractivity contribution in [2.75, 3.05) is 33.2 Å². The van der Waals surface area contributed by atoms with E-state index in [1.807, 2.05) is 42.9 Å². The number of hydrogen-bond donors (Lipinski definition) is 2. The number of fused-ring (bicyclic) bond motifs is 4. The van der Waals surface area contributed by atoms with Crippen molar-refractivity contribution in [3.63, 3.8) is 0 Å². The lowest BCUT2D eigenvalue weighted by Crippen LogP contribution is -2.32. The molecule has 4 aromatic carbocycles. The van der Waals surface area contributed by atoms with Gasteiger partial charge in [0, 0.05) is 55.5 Å². The summed E-state index contributed by atoms with van der Waals surface area (Å²) < 4.78 is 23.5. The molecule has 4 aliphatic rings. The van der Waals surface area contributed by atoms with Crippen LogP contribution in [-0.4, -0.2) is 84.6 Å². The molecule has 13 heteroatoms. The van der Waals surface area contributed by atoms with Gasteiger partial charge in [0.25, 0.3) is 11.8 Å². The molecule has 2 atom stereocenters. The van der Waals surface area contributed by atoms with E-state index in [2.05, 4.69) is 4.99 Å². The quantitative estimate of drug-likeness (QED) is 0.103. The van der Waals surface area contributed by atoms with Gasteiger partial charge in [-0.1, -0.05) is 24.3 Å². The number of nitrogens with two attached hydrogens (primary N) is 1. The Kier molecular flexibility index (Phi) is 10.2. The summed E-state index contributed by atoms with van der Waals surface area (Å²) in [7, 11) is 3.08. The largest absolute Gasteiger partial charge is 0.493 e. The summed E-state index contributed by atoms with van der Waals surface area (Å²) in [4.78, 5) is 51.4. The number of aliphatic imine (C=N–C) groups is 2. The predicted octanol–water partition coefficient (Wildman–Crippen LogP) is 7.56. The highest BCUT2D eigenvalue weighted by Gasteiger charge is 2.35. The molecule has 0 saturated heterocycles. The smallest absolute Gasteiger partial charge is 0.335 e. The number of nitrogens with zero attached hydrogens (tertiary/aromatic N) is 4. The molecule has 0 spiro atoms. The van der Waals surface area contributed by atoms with E-state index in [1.165, 1.54) is 7.11 Å². The summed E-state index contributed by atoms with van der Waals surface area (Å²) in [5.41, 5.74) is 12.5. The van der Waals surface area contributed by atoms with Crippen LogP contribution in [0.2, 0.25) is 0 Å². The molecule has 0 aliphatic carbocycles. The number of aromatic carboxylic acids is 1. The van der Waals surface area contributed by atoms with Crippen LogP contribution in [0.3, 0.4) is 0 Å². The summed E-state index contributed by atoms with van der Waals surface area (Å²) in [6.45, 7) is 0.842. The van der Waals surface area contributed by atoms with E-state index < -0.39 is 5.97 Å². The number of nitrogen functional groups attached to an aromatic ring is 1. The van der Waals surface area contributed by atoms with Crippen molar-refractivity contribution in [2.45, 2.75) is 44.2 Å². The number of hydrogen-bond acceptors (Lipinski definition) is 10. The molecule has 4 aromatic rings. The molecular weight excluding hydrogens is 727 g/mol. The molecule has 0 aromatic heterocycles. The third kappa shape index (κ3) is 7.43. The predicted molar refractivity (Wildman–Crippen MR) is 216 cm³/mol. The minimum Gasteiger partial charge on any atom is -0.493 e. The fourth-order valence-corrected chi connectivity index (χ4v) is 7.41. The van der Waals surface area contributed by atoms with Crippen LogP contribution in [0.5, 0.6) is 23.0 Å². The molecule has 8 rings (SSSR count). The first-order valence-corrected chi connectivity index (χ1v) is 18.7. The number of unbranched alkanes of at least 4 members (excludes halogenated alkanes) is 2. The van der Waals surface area contributed by atoms with Crippen LogP contribution in [0.4, 0.5) is 17.1 Å². The van der Waals surface area contributed by atoms with Gasteiger partial charge in [0.2, 0.25) is 0 Å². The number of ether oxygens (including phenoxy) is 4. The summed E-state index contributed by atoms with van der Waals surface area (Å²) in [6.07, 6.45) is 10.8. The standard InChI is InChI=1S/C44H41N5O8/c1-54-38-18-34-36(46-22-32-16-29(24-48(32)42(34)50)26-6-8-28(9-7-26)44(52)53)20-40(38)56-14-4-3-5-15-57-41-21-37-35(19-39(41)55-2)43(51)49-25-30(17-33(49)23-47-37)27-10-12-31(45)13-11-27/h6-13,18-25,32-33H,3-5,14-17,45H2,1-2H3,(H,52,53)/t32-,33-/m0/s1. The number of anilines is 1. The molecule has 4 aliphatic heterocycles. The van der Waals surface area contributed by atoms with Gasteiger partial charge in [-0.05, 0) is 77.9 Å². The number of amides is 2. The van der Waals surface area contributed by atoms with Crippen LogP contribution in [0.1, 0.15) is 74.3 Å². The van der Waals surface area contributed by atoms with Crippen LogP contribution in [0.25, 0.3) is 11.1 Å². The average molecular weight is 768 g/mol. The first-order chi connectivity index (χ1) is 27.7. The number of carbonyl (C=O) groups is 3. The maximum Gasteiger partial charge on any atom is 0.335 e. The van der Waals surface area contributed by atoms with E-state index >= 15 is 0 Å². The Balaban J connectivity index is 0.849. The van der Waals surface area contributed by atoms with E-state index in [9.17, 15) is 19.5 Å². The highest BCUT2D eigenvalue weighted by molar-refractivity contribution is 6.06. The molecule has 4 heterocycles. The van der Waals surface area contributed by atoms with E-state index in [0.29, 0.717) is 77.2 Å². The van der Waals surface area contributed by atoms with Crippen molar-refractivity contribution in [3.05, 3.63) is 113 Å². The van der Waals surface area contributed by atoms with E-state index in [4.69, 9.17) is 29.7 Å². The maximum atomic E-state index is 13.7. The third-order valence-corrected chi connectivity index (χ3v) is 10.5. The normalized spacial score (nSPS) is 17.8. The molecule has 0 fully saturated rings. The lowest BCUT2D eigenvalue weighted by molar-refractivity contribution is 0.0695. The van der Waals surface area contributed by atoms with Gasteiger partial charge in [-0.2, -0.15) is 0 Å². The molecule has 0 bridgehead atoms. The fraction of sp³-hybridized carbons (Fsp3) is 0.250. The summed E-state index contributed by atoms with van der Waals surface area (Å²) in [6, 6.07) is 20.6. The fourth-order valence-electron chi connectivity index (χ4n) is 7.41. The number of methoxy groups -OCH3 is 2. The lowest BCUT2D eigenvalue weighted by Gasteiger charge is -2.19. The Morgan fingerprint density at radius 1 is 0.684 bits per heavy atom. The van der Waals surface area contributed by atoms with Gasteiger partial charge in [-0.15, -0.1) is 0 Å². The zero-order valence-corrected chi connectivity index (χ0v) is 31.5. The molecular formula is C44H41N5O8. The molecule has 3 N–H and O–H groups in total. The van der Waals surface area contributed by atoms with Crippen LogP contribution in [0.15, 0.2) is 95.2 Å². The second-order valence-corrected chi connectivity index (χ2v) is 14.1. The lowest BCUT2D eigenvalue weighted by atomic mass is 10.0. The van der Waals surface area contributed by atoms with Gasteiger partial charge in [-0.25, -0.2) is 4.79 Å². The van der Waals surface area contributed by atoms with Gasteiger partial charge in [0.1, 0.15) is 0 Å². The Morgan fingerprint density at radius 3 is 1.58 bits per heavy atom. The minimum absolute atomic E-state index is 0.151. The van der Waals surface area contributed by atoms with Crippen molar-refractivity contribution in [2.24, 2.45) is 9.98 Å². The number of benzene rings is 4. The first kappa shape index (κ1) is 37.1. The second-order valence-electron chi connectivity index (χ2n) is 14.1. The van der Waals surface area contributed by atoms with E-state index in [0.717, 1.165) is 41.5 Å². The topological polar surface area (TPSA) is 166 Å². The van der Waals surface area contributed by atoms with Gasteiger partial charge in [0.05, 0.1) is 67.6 Å². The Morgan fingerprint density at radius 2 is 1.14 bits per heavy atom. The highest BCUT2D eigenvalue weighted by Crippen LogP contribution is 2.42. The summed E-state index contributed by atoms with van der Waals surface area (Å²) >= 11 is 0. The SMILES string of the molecule is COc1cc2c(cc1OCCCCCOc1cc3c(cc1OC)C(=O)N1C=C(c4ccc(C(=O)O)cc4)C[C@H]1C=N3)N=C[C@@H]1CC(c3ccc(N)cc3)=CN1C2=O. The molecule has 290 valence electrons. The molecule has 2 amide bonds. The van der Waals surface area contributed by atoms with Crippen LogP contribution in [0, 0.1) is 0 Å². The maximum absolute atomic E-state index is 13.7. The van der Waals surface area contributed by atoms with E-state index in [-0.39, 0.29) is 29.5 Å². The summed E-state index contributed by atoms with van der Waals surface area (Å²) in [5.74, 6) is 0.560. The van der Waals surface area contributed by atoms with E-state index in [1.54, 1.807) is 71.7 Å². The van der Waals surface area contributed by atoms with Crippen molar-refractivity contribution in [1.82, 2.24) is 9.80 Å². The Labute approximate surface area is 329 Å². The Bertz CT molecular complexity index is 2370. The van der Waals surface area contributed by atoms with Crippen molar-refractivity contribution >= 4 is 58.4 Å². The van der Waals surface area contributed by atoms with Gasteiger partial charge in [-0.3, -0.25) is 19.6 Å². The van der Waals surface area contributed by atoms with Crippen molar-refractivity contribution in [1.29, 1.82) is 0 Å². The summed E-state index contributed by atoms with van der Waals surface area (Å²) in [5, 5.41) is 9.23. The molecule has 0 unspecified atom stereocenters. The van der Waals surface area contributed by atoms with Crippen LogP contribution >= 0.6 is 0 Å². The van der Waals surface area contributed by atoms with Crippen molar-refractivity contribution in [3.8, 4) is 23.0 Å². The third-order valence-electron chi connectivity index (χ3n) is 10.5. The molecule has 0 radical (unpaired) electrons. The first-order valence-electron chi connectivity index (χ1n) is 18.7. The number of rotatable bonds is 13. The van der Waals surface area contributed by atoms with Crippen LogP contribution in [-0.2, 0) is 0 Å². The van der Waals surface area contributed by atoms with Gasteiger partial charge >= 0.3 is 5.97 Å². The van der Waals surface area contributed by atoms with Gasteiger partial charge in [0.15, 0.2) is 23.0 Å². The van der Waals surface area contributed by atoms with Crippen LogP contribution < -0.4 is 24.7 Å². The van der Waals surface area contributed by atoms with Gasteiger partial charge < -0.3 is 39.6 Å². The molecule has 57 heavy (non-hydrogen) atoms. The second kappa shape index (κ2) is 15.7. The molecule has 13 nitrogen and oxygen atoms in total. The number of carboxylic acid groups (broad SMARTS) is 1. The average Bonchev–Trinajstić information content (AvgIpc) is 3.80. The Hall–Kier alpha value is -6.89. The number of carboxylic acids is 1.